The topological polar surface area (TPSA) is 112 Å². The van der Waals surface area contributed by atoms with Gasteiger partial charge in [0.1, 0.15) is 24.5 Å². The molecule has 3 aromatic heterocycles. The highest BCUT2D eigenvalue weighted by Gasteiger charge is 2.49. The summed E-state index contributed by atoms with van der Waals surface area (Å²) in [5.41, 5.74) is 5.37. The summed E-state index contributed by atoms with van der Waals surface area (Å²) >= 11 is 0. The third-order valence-electron chi connectivity index (χ3n) is 9.47. The number of hydrogen-bond acceptors (Lipinski definition) is 7. The number of nitrogens with one attached hydrogen (secondary N) is 2. The zero-order valence-electron chi connectivity index (χ0n) is 25.3. The van der Waals surface area contributed by atoms with Crippen LogP contribution in [0.2, 0.25) is 0 Å². The summed E-state index contributed by atoms with van der Waals surface area (Å²) in [5, 5.41) is 6.37. The van der Waals surface area contributed by atoms with Crippen LogP contribution in [0.5, 0.6) is 0 Å². The van der Waals surface area contributed by atoms with E-state index in [1.807, 2.05) is 28.9 Å². The van der Waals surface area contributed by atoms with Gasteiger partial charge in [-0.15, -0.1) is 0 Å². The van der Waals surface area contributed by atoms with E-state index in [1.165, 1.54) is 22.0 Å². The second-order valence-electron chi connectivity index (χ2n) is 12.7. The number of rotatable bonds is 7. The van der Waals surface area contributed by atoms with Gasteiger partial charge in [-0.2, -0.15) is 5.10 Å². The van der Waals surface area contributed by atoms with Gasteiger partial charge in [0.05, 0.1) is 18.7 Å². The number of H-pyrrole nitrogens is 2. The quantitative estimate of drug-likeness (QED) is 0.269. The van der Waals surface area contributed by atoms with Gasteiger partial charge >= 0.3 is 5.97 Å². The zero-order valence-corrected chi connectivity index (χ0v) is 25.3. The lowest BCUT2D eigenvalue weighted by atomic mass is 9.72. The van der Waals surface area contributed by atoms with Gasteiger partial charge in [0.2, 0.25) is 0 Å². The molecule has 5 aromatic rings. The Hall–Kier alpha value is -4.28. The number of benzene rings is 2. The summed E-state index contributed by atoms with van der Waals surface area (Å²) in [5.74, 6) is 0.403. The van der Waals surface area contributed by atoms with Gasteiger partial charge in [0.25, 0.3) is 0 Å². The molecular weight excluding hydrogens is 554 g/mol. The minimum absolute atomic E-state index is 0.0356. The van der Waals surface area contributed by atoms with Crippen molar-refractivity contribution in [1.29, 1.82) is 0 Å². The first-order valence-corrected chi connectivity index (χ1v) is 15.5. The molecule has 4 fully saturated rings. The zero-order chi connectivity index (χ0) is 30.2. The lowest BCUT2D eigenvalue weighted by Crippen LogP contribution is -2.63. The number of ketones is 1. The number of carbonyl (C=O) groups excluding carboxylic acids is 2. The van der Waals surface area contributed by atoms with Crippen LogP contribution in [0.1, 0.15) is 47.2 Å². The van der Waals surface area contributed by atoms with Crippen LogP contribution in [-0.2, 0) is 22.5 Å². The number of likely N-dealkylation sites (N-methyl/N-ethyl adjacent to an activating group) is 1. The number of aromatic nitrogens is 5. The molecule has 2 N–H and O–H groups in total. The monoisotopic (exact) mass is 593 g/mol. The number of piperidine rings is 4. The van der Waals surface area contributed by atoms with Crippen molar-refractivity contribution >= 4 is 33.6 Å². The fraction of sp³-hybridized carbons (Fsp3) is 0.412. The molecule has 4 saturated heterocycles. The summed E-state index contributed by atoms with van der Waals surface area (Å²) in [4.78, 5) is 39.5. The van der Waals surface area contributed by atoms with Crippen LogP contribution in [0, 0.1) is 5.92 Å². The van der Waals surface area contributed by atoms with Gasteiger partial charge in [-0.05, 0) is 62.7 Å². The molecule has 4 aliphatic rings. The second kappa shape index (κ2) is 12.0. The molecule has 9 rings (SSSR count). The van der Waals surface area contributed by atoms with Crippen LogP contribution in [0.15, 0.2) is 67.5 Å². The van der Waals surface area contributed by atoms with E-state index in [0.29, 0.717) is 30.0 Å². The highest BCUT2D eigenvalue weighted by atomic mass is 16.5. The number of aromatic amines is 2. The number of nitrogens with zero attached hydrogens (tertiary/aromatic N) is 5. The number of Topliss-reactive ketones (excluding diaryl/α,β-unsaturated/α-hetero) is 1. The molecule has 0 saturated carbocycles. The largest absolute Gasteiger partial charge is 0.459 e. The number of hydrogen-bond donors (Lipinski definition) is 2. The maximum Gasteiger partial charge on any atom is 0.340 e. The second-order valence-corrected chi connectivity index (χ2v) is 12.7. The van der Waals surface area contributed by atoms with Crippen molar-refractivity contribution in [3.63, 3.8) is 0 Å². The van der Waals surface area contributed by atoms with Crippen LogP contribution in [-0.4, -0.2) is 91.7 Å². The summed E-state index contributed by atoms with van der Waals surface area (Å²) in [6.45, 7) is 2.41. The normalized spacial score (nSPS) is 24.1. The molecule has 5 atom stereocenters. The third kappa shape index (κ3) is 5.79. The van der Waals surface area contributed by atoms with E-state index >= 15 is 0 Å². The summed E-state index contributed by atoms with van der Waals surface area (Å²) < 4.78 is 7.68. The van der Waals surface area contributed by atoms with E-state index < -0.39 is 0 Å². The maximum atomic E-state index is 12.6. The summed E-state index contributed by atoms with van der Waals surface area (Å²) in [7, 11) is 4.20. The summed E-state index contributed by atoms with van der Waals surface area (Å²) in [6.07, 6.45) is 11.8. The Kier molecular flexibility index (Phi) is 7.78. The van der Waals surface area contributed by atoms with Crippen LogP contribution in [0.25, 0.3) is 21.8 Å². The Labute approximate surface area is 256 Å². The molecule has 4 bridgehead atoms. The number of esters is 1. The first kappa shape index (κ1) is 28.5. The van der Waals surface area contributed by atoms with E-state index in [1.54, 1.807) is 18.9 Å². The van der Waals surface area contributed by atoms with Crippen molar-refractivity contribution in [2.45, 2.75) is 56.8 Å². The van der Waals surface area contributed by atoms with Gasteiger partial charge in [0, 0.05) is 71.6 Å². The molecule has 10 heteroatoms. The van der Waals surface area contributed by atoms with Gasteiger partial charge in [-0.3, -0.25) is 9.69 Å². The van der Waals surface area contributed by atoms with Gasteiger partial charge in [-0.1, -0.05) is 24.3 Å². The van der Waals surface area contributed by atoms with Crippen LogP contribution >= 0.6 is 0 Å². The average Bonchev–Trinajstić information content (AvgIpc) is 3.77. The molecule has 228 valence electrons. The molecule has 3 unspecified atom stereocenters. The fourth-order valence-corrected chi connectivity index (χ4v) is 7.25. The standard InChI is InChI=1S/C19H20N2O3.C15H19N5/c22-18-10-21-12-5-11(18)6-13(21)8-14(7-12)24-19(23)16-9-20-17-4-2-1-3-15(16)17;1-19(2)6-5-13-8-17-15-4-3-12(7-14(13)15)9-20-11-16-10-18-20/h1-4,9,11-14,20H,5-8,10H2;3-4,7-8,10-11,17H,5-6,9H2,1-2H3/t11?,12-,13+,14?;. The predicted octanol–water partition coefficient (Wildman–Crippen LogP) is 4.43. The molecule has 7 heterocycles. The predicted molar refractivity (Wildman–Crippen MR) is 168 cm³/mol. The highest BCUT2D eigenvalue weighted by Crippen LogP contribution is 2.42. The van der Waals surface area contributed by atoms with Crippen molar-refractivity contribution in [3.05, 3.63) is 84.2 Å². The molecule has 0 aliphatic carbocycles. The van der Waals surface area contributed by atoms with E-state index in [0.717, 1.165) is 56.1 Å². The third-order valence-corrected chi connectivity index (χ3v) is 9.47. The Morgan fingerprint density at radius 1 is 1.00 bits per heavy atom. The van der Waals surface area contributed by atoms with Crippen LogP contribution in [0.3, 0.4) is 0 Å². The average molecular weight is 594 g/mol. The molecule has 0 amide bonds. The van der Waals surface area contributed by atoms with Crippen molar-refractivity contribution < 1.29 is 14.3 Å². The molecule has 10 nitrogen and oxygen atoms in total. The SMILES string of the molecule is CN(C)CCc1c[nH]c2ccc(Cn3cncn3)cc12.O=C(OC1C[C@@H]2CC3C[C@H](C1)N2CC3=O)c1c[nH]c2ccccc12. The van der Waals surface area contributed by atoms with Gasteiger partial charge in [-0.25, -0.2) is 14.5 Å². The Morgan fingerprint density at radius 2 is 1.77 bits per heavy atom. The number of carbonyl (C=O) groups is 2. The van der Waals surface area contributed by atoms with Crippen LogP contribution < -0.4 is 0 Å². The van der Waals surface area contributed by atoms with Crippen molar-refractivity contribution in [2.75, 3.05) is 27.2 Å². The van der Waals surface area contributed by atoms with Crippen molar-refractivity contribution in [2.24, 2.45) is 5.92 Å². The maximum absolute atomic E-state index is 12.6. The van der Waals surface area contributed by atoms with Crippen molar-refractivity contribution in [3.8, 4) is 0 Å². The lowest BCUT2D eigenvalue weighted by Gasteiger charge is -2.54. The molecule has 44 heavy (non-hydrogen) atoms. The number of ether oxygens (including phenoxy) is 1. The van der Waals surface area contributed by atoms with E-state index in [4.69, 9.17) is 4.74 Å². The molecular formula is C34H39N7O3. The minimum Gasteiger partial charge on any atom is -0.459 e. The smallest absolute Gasteiger partial charge is 0.340 e. The van der Waals surface area contributed by atoms with Gasteiger partial charge < -0.3 is 19.6 Å². The minimum atomic E-state index is -0.242. The van der Waals surface area contributed by atoms with Crippen LogP contribution in [0.4, 0.5) is 0 Å². The fourth-order valence-electron chi connectivity index (χ4n) is 7.25. The number of para-hydroxylation sites is 1. The first-order valence-electron chi connectivity index (χ1n) is 15.5. The molecule has 4 aliphatic heterocycles. The van der Waals surface area contributed by atoms with E-state index in [2.05, 4.69) is 68.3 Å². The Morgan fingerprint density at radius 3 is 2.52 bits per heavy atom. The molecule has 2 aromatic carbocycles. The van der Waals surface area contributed by atoms with Gasteiger partial charge in [0.15, 0.2) is 0 Å². The van der Waals surface area contributed by atoms with Crippen molar-refractivity contribution in [1.82, 2.24) is 34.5 Å². The number of fused-ring (bicyclic) bond motifs is 3. The van der Waals surface area contributed by atoms with E-state index in [9.17, 15) is 9.59 Å². The Bertz CT molecular complexity index is 1760. The molecule has 0 spiro atoms. The Balaban J connectivity index is 0.000000145. The summed E-state index contributed by atoms with van der Waals surface area (Å²) in [6, 6.07) is 15.1. The van der Waals surface area contributed by atoms with E-state index in [-0.39, 0.29) is 18.0 Å². The molecule has 0 radical (unpaired) electrons. The first-order chi connectivity index (χ1) is 21.4. The lowest BCUT2D eigenvalue weighted by molar-refractivity contribution is -0.145. The highest BCUT2D eigenvalue weighted by molar-refractivity contribution is 6.04.